The fourth-order valence-corrected chi connectivity index (χ4v) is 2.73. The van der Waals surface area contributed by atoms with E-state index in [9.17, 15) is 0 Å². The molecular formula is C12H23NO2. The van der Waals surface area contributed by atoms with E-state index in [0.717, 1.165) is 19.6 Å². The van der Waals surface area contributed by atoms with Crippen molar-refractivity contribution in [3.63, 3.8) is 0 Å². The van der Waals surface area contributed by atoms with Crippen molar-refractivity contribution >= 4 is 0 Å². The summed E-state index contributed by atoms with van der Waals surface area (Å²) in [5.74, 6) is 0.587. The molecule has 0 spiro atoms. The molecule has 88 valence electrons. The molecule has 1 heterocycles. The molecule has 1 aliphatic carbocycles. The number of nitrogens with two attached hydrogens (primary N) is 1. The molecule has 2 N–H and O–H groups in total. The van der Waals surface area contributed by atoms with Gasteiger partial charge in [0.25, 0.3) is 0 Å². The highest BCUT2D eigenvalue weighted by atomic mass is 16.5. The average Bonchev–Trinajstić information content (AvgIpc) is 2.83. The quantitative estimate of drug-likeness (QED) is 0.773. The maximum atomic E-state index is 5.93. The Morgan fingerprint density at radius 2 is 2.13 bits per heavy atom. The number of hydrogen-bond donors (Lipinski definition) is 1. The van der Waals surface area contributed by atoms with E-state index in [0.29, 0.717) is 24.2 Å². The van der Waals surface area contributed by atoms with E-state index in [1.165, 1.54) is 25.7 Å². The zero-order valence-corrected chi connectivity index (χ0v) is 9.65. The predicted molar refractivity (Wildman–Crippen MR) is 59.7 cm³/mol. The van der Waals surface area contributed by atoms with E-state index in [1.54, 1.807) is 0 Å². The summed E-state index contributed by atoms with van der Waals surface area (Å²) in [5.41, 5.74) is 5.72. The SMILES string of the molecule is CC1CCC(COC2CCCC2CN)O1. The molecule has 15 heavy (non-hydrogen) atoms. The lowest BCUT2D eigenvalue weighted by Gasteiger charge is -2.20. The van der Waals surface area contributed by atoms with Crippen molar-refractivity contribution in [3.8, 4) is 0 Å². The Kier molecular flexibility index (Phi) is 4.00. The second-order valence-corrected chi connectivity index (χ2v) is 4.94. The second-order valence-electron chi connectivity index (χ2n) is 4.94. The smallest absolute Gasteiger partial charge is 0.0813 e. The van der Waals surface area contributed by atoms with Gasteiger partial charge in [0.05, 0.1) is 24.9 Å². The molecule has 0 aromatic rings. The highest BCUT2D eigenvalue weighted by Gasteiger charge is 2.29. The van der Waals surface area contributed by atoms with Crippen LogP contribution in [0.1, 0.15) is 39.0 Å². The van der Waals surface area contributed by atoms with E-state index in [-0.39, 0.29) is 0 Å². The van der Waals surface area contributed by atoms with Gasteiger partial charge in [0.2, 0.25) is 0 Å². The highest BCUT2D eigenvalue weighted by molar-refractivity contribution is 4.80. The summed E-state index contributed by atoms with van der Waals surface area (Å²) in [6.07, 6.45) is 7.18. The average molecular weight is 213 g/mol. The topological polar surface area (TPSA) is 44.5 Å². The first kappa shape index (κ1) is 11.4. The van der Waals surface area contributed by atoms with Crippen LogP contribution in [0, 0.1) is 5.92 Å². The molecule has 3 nitrogen and oxygen atoms in total. The molecule has 0 aromatic heterocycles. The Bertz CT molecular complexity index is 198. The maximum Gasteiger partial charge on any atom is 0.0813 e. The third kappa shape index (κ3) is 2.92. The van der Waals surface area contributed by atoms with Crippen molar-refractivity contribution in [2.45, 2.75) is 57.3 Å². The Balaban J connectivity index is 1.68. The van der Waals surface area contributed by atoms with Crippen LogP contribution in [-0.4, -0.2) is 31.5 Å². The standard InChI is InChI=1S/C12H23NO2/c1-9-5-6-11(15-9)8-14-12-4-2-3-10(12)7-13/h9-12H,2-8,13H2,1H3. The minimum absolute atomic E-state index is 0.332. The van der Waals surface area contributed by atoms with Crippen LogP contribution in [0.3, 0.4) is 0 Å². The van der Waals surface area contributed by atoms with Gasteiger partial charge in [-0.15, -0.1) is 0 Å². The van der Waals surface area contributed by atoms with Gasteiger partial charge in [-0.25, -0.2) is 0 Å². The number of hydrogen-bond acceptors (Lipinski definition) is 3. The first-order chi connectivity index (χ1) is 7.29. The van der Waals surface area contributed by atoms with Gasteiger partial charge < -0.3 is 15.2 Å². The van der Waals surface area contributed by atoms with Crippen LogP contribution in [0.25, 0.3) is 0 Å². The molecule has 1 saturated carbocycles. The van der Waals surface area contributed by atoms with Gasteiger partial charge in [0, 0.05) is 0 Å². The normalized spacial score (nSPS) is 41.2. The number of ether oxygens (including phenoxy) is 2. The van der Waals surface area contributed by atoms with Gasteiger partial charge in [-0.2, -0.15) is 0 Å². The molecule has 0 aromatic carbocycles. The summed E-state index contributed by atoms with van der Waals surface area (Å²) < 4.78 is 11.7. The molecule has 3 heteroatoms. The Morgan fingerprint density at radius 1 is 1.27 bits per heavy atom. The lowest BCUT2D eigenvalue weighted by Crippen LogP contribution is -2.28. The zero-order chi connectivity index (χ0) is 10.7. The van der Waals surface area contributed by atoms with E-state index in [1.807, 2.05) is 0 Å². The summed E-state index contributed by atoms with van der Waals surface area (Å²) in [7, 11) is 0. The van der Waals surface area contributed by atoms with Crippen LogP contribution in [0.5, 0.6) is 0 Å². The van der Waals surface area contributed by atoms with Crippen molar-refractivity contribution < 1.29 is 9.47 Å². The molecule has 2 rings (SSSR count). The highest BCUT2D eigenvalue weighted by Crippen LogP contribution is 2.28. The molecule has 0 radical (unpaired) electrons. The third-order valence-corrected chi connectivity index (χ3v) is 3.71. The largest absolute Gasteiger partial charge is 0.375 e. The van der Waals surface area contributed by atoms with Crippen molar-refractivity contribution in [2.24, 2.45) is 11.7 Å². The van der Waals surface area contributed by atoms with E-state index in [2.05, 4.69) is 6.92 Å². The minimum atomic E-state index is 0.332. The fourth-order valence-electron chi connectivity index (χ4n) is 2.73. The fraction of sp³-hybridized carbons (Fsp3) is 1.00. The third-order valence-electron chi connectivity index (χ3n) is 3.71. The maximum absolute atomic E-state index is 5.93. The van der Waals surface area contributed by atoms with E-state index < -0.39 is 0 Å². The summed E-state index contributed by atoms with van der Waals surface area (Å²) in [6.45, 7) is 3.68. The Morgan fingerprint density at radius 3 is 2.80 bits per heavy atom. The minimum Gasteiger partial charge on any atom is -0.375 e. The van der Waals surface area contributed by atoms with Crippen molar-refractivity contribution in [2.75, 3.05) is 13.2 Å². The lowest BCUT2D eigenvalue weighted by atomic mass is 10.1. The van der Waals surface area contributed by atoms with Gasteiger partial charge in [0.1, 0.15) is 0 Å². The summed E-state index contributed by atoms with van der Waals surface area (Å²) in [4.78, 5) is 0. The van der Waals surface area contributed by atoms with Gasteiger partial charge in [-0.1, -0.05) is 6.42 Å². The monoisotopic (exact) mass is 213 g/mol. The summed E-state index contributed by atoms with van der Waals surface area (Å²) in [6, 6.07) is 0. The molecule has 1 saturated heterocycles. The van der Waals surface area contributed by atoms with Crippen LogP contribution >= 0.6 is 0 Å². The van der Waals surface area contributed by atoms with Crippen molar-refractivity contribution in [3.05, 3.63) is 0 Å². The van der Waals surface area contributed by atoms with Crippen molar-refractivity contribution in [1.29, 1.82) is 0 Å². The van der Waals surface area contributed by atoms with Gasteiger partial charge >= 0.3 is 0 Å². The van der Waals surface area contributed by atoms with Crippen LogP contribution in [0.2, 0.25) is 0 Å². The Labute approximate surface area is 92.3 Å². The van der Waals surface area contributed by atoms with E-state index in [4.69, 9.17) is 15.2 Å². The number of rotatable bonds is 4. The first-order valence-corrected chi connectivity index (χ1v) is 6.26. The van der Waals surface area contributed by atoms with Crippen LogP contribution in [0.15, 0.2) is 0 Å². The molecule has 0 amide bonds. The molecule has 2 fully saturated rings. The van der Waals surface area contributed by atoms with Crippen LogP contribution < -0.4 is 5.73 Å². The van der Waals surface area contributed by atoms with Gasteiger partial charge in [0.15, 0.2) is 0 Å². The van der Waals surface area contributed by atoms with Gasteiger partial charge in [-0.05, 0) is 45.1 Å². The summed E-state index contributed by atoms with van der Waals surface area (Å²) in [5, 5.41) is 0. The molecule has 1 aliphatic heterocycles. The summed E-state index contributed by atoms with van der Waals surface area (Å²) >= 11 is 0. The lowest BCUT2D eigenvalue weighted by molar-refractivity contribution is -0.0469. The second kappa shape index (κ2) is 5.28. The predicted octanol–water partition coefficient (Wildman–Crippen LogP) is 1.70. The molecule has 4 unspecified atom stereocenters. The molecule has 0 bridgehead atoms. The van der Waals surface area contributed by atoms with Crippen LogP contribution in [0.4, 0.5) is 0 Å². The van der Waals surface area contributed by atoms with Gasteiger partial charge in [-0.3, -0.25) is 0 Å². The molecule has 2 aliphatic rings. The van der Waals surface area contributed by atoms with E-state index >= 15 is 0 Å². The molecular weight excluding hydrogens is 190 g/mol. The van der Waals surface area contributed by atoms with Crippen molar-refractivity contribution in [1.82, 2.24) is 0 Å². The first-order valence-electron chi connectivity index (χ1n) is 6.26. The molecule has 4 atom stereocenters. The zero-order valence-electron chi connectivity index (χ0n) is 9.65. The Hall–Kier alpha value is -0.120. The van der Waals surface area contributed by atoms with Crippen LogP contribution in [-0.2, 0) is 9.47 Å².